The molecule has 20 heavy (non-hydrogen) atoms. The van der Waals surface area contributed by atoms with Gasteiger partial charge in [-0.3, -0.25) is 4.79 Å². The highest BCUT2D eigenvalue weighted by Gasteiger charge is 2.20. The summed E-state index contributed by atoms with van der Waals surface area (Å²) in [6.07, 6.45) is 0.708. The lowest BCUT2D eigenvalue weighted by Gasteiger charge is -2.19. The zero-order valence-electron chi connectivity index (χ0n) is 12.4. The molecule has 0 aromatic heterocycles. The van der Waals surface area contributed by atoms with E-state index in [0.717, 1.165) is 5.56 Å². The average Bonchev–Trinajstić information content (AvgIpc) is 2.42. The summed E-state index contributed by atoms with van der Waals surface area (Å²) in [6, 6.07) is 5.13. The molecule has 0 bridgehead atoms. The van der Waals surface area contributed by atoms with Crippen molar-refractivity contribution in [1.29, 1.82) is 0 Å². The summed E-state index contributed by atoms with van der Waals surface area (Å²) in [5, 5.41) is 3.81. The van der Waals surface area contributed by atoms with Gasteiger partial charge in [-0.15, -0.1) is 0 Å². The highest BCUT2D eigenvalue weighted by Crippen LogP contribution is 2.26. The number of ether oxygens (including phenoxy) is 2. The number of carbonyl (C=O) groups is 1. The van der Waals surface area contributed by atoms with Crippen molar-refractivity contribution in [3.05, 3.63) is 28.8 Å². The van der Waals surface area contributed by atoms with E-state index in [-0.39, 0.29) is 12.0 Å². The van der Waals surface area contributed by atoms with E-state index in [9.17, 15) is 4.79 Å². The van der Waals surface area contributed by atoms with Crippen molar-refractivity contribution in [1.82, 2.24) is 5.32 Å². The van der Waals surface area contributed by atoms with Crippen LogP contribution in [-0.2, 0) is 16.1 Å². The molecule has 0 saturated carbocycles. The lowest BCUT2D eigenvalue weighted by Crippen LogP contribution is -2.38. The molecule has 5 heteroatoms. The number of halogens is 1. The zero-order chi connectivity index (χ0) is 15.1. The third kappa shape index (κ3) is 4.69. The van der Waals surface area contributed by atoms with Gasteiger partial charge in [-0.05, 0) is 24.5 Å². The lowest BCUT2D eigenvalue weighted by atomic mass is 10.0. The Morgan fingerprint density at radius 2 is 2.05 bits per heavy atom. The minimum Gasteiger partial charge on any atom is -0.496 e. The van der Waals surface area contributed by atoms with Crippen molar-refractivity contribution < 1.29 is 14.3 Å². The van der Waals surface area contributed by atoms with Gasteiger partial charge in [0.25, 0.3) is 0 Å². The van der Waals surface area contributed by atoms with Crippen LogP contribution in [0.15, 0.2) is 18.2 Å². The molecular weight excluding hydrogens is 278 g/mol. The van der Waals surface area contributed by atoms with Gasteiger partial charge in [0.1, 0.15) is 11.8 Å². The molecule has 1 rings (SSSR count). The average molecular weight is 300 g/mol. The van der Waals surface area contributed by atoms with Crippen molar-refractivity contribution >= 4 is 17.6 Å². The summed E-state index contributed by atoms with van der Waals surface area (Å²) in [5.41, 5.74) is 0.842. The van der Waals surface area contributed by atoms with Crippen molar-refractivity contribution in [3.63, 3.8) is 0 Å². The predicted octanol–water partition coefficient (Wildman–Crippen LogP) is 3.03. The standard InChI is InChI=1S/C15H22ClNO3/c1-10(2)8-13(15(18)20-4)17-9-11-12(16)6-5-7-14(11)19-3/h5-7,10,13,17H,8-9H2,1-4H3. The molecule has 0 radical (unpaired) electrons. The first-order valence-corrected chi connectivity index (χ1v) is 7.00. The number of carbonyl (C=O) groups excluding carboxylic acids is 1. The summed E-state index contributed by atoms with van der Waals surface area (Å²) in [6.45, 7) is 4.58. The summed E-state index contributed by atoms with van der Waals surface area (Å²) in [7, 11) is 2.99. The number of methoxy groups -OCH3 is 2. The maximum Gasteiger partial charge on any atom is 0.322 e. The Morgan fingerprint density at radius 3 is 2.60 bits per heavy atom. The molecule has 1 aromatic rings. The van der Waals surface area contributed by atoms with Crippen LogP contribution < -0.4 is 10.1 Å². The van der Waals surface area contributed by atoms with Crippen molar-refractivity contribution in [2.45, 2.75) is 32.9 Å². The van der Waals surface area contributed by atoms with Crippen LogP contribution >= 0.6 is 11.6 Å². The van der Waals surface area contributed by atoms with E-state index in [1.165, 1.54) is 7.11 Å². The first-order valence-electron chi connectivity index (χ1n) is 6.62. The van der Waals surface area contributed by atoms with Crippen molar-refractivity contribution in [2.75, 3.05) is 14.2 Å². The van der Waals surface area contributed by atoms with Crippen LogP contribution in [0.2, 0.25) is 5.02 Å². The van der Waals surface area contributed by atoms with E-state index in [2.05, 4.69) is 19.2 Å². The van der Waals surface area contributed by atoms with Gasteiger partial charge in [0, 0.05) is 17.1 Å². The third-order valence-corrected chi connectivity index (χ3v) is 3.37. The molecule has 0 aliphatic heterocycles. The Hall–Kier alpha value is -1.26. The Bertz CT molecular complexity index is 449. The van der Waals surface area contributed by atoms with E-state index in [1.807, 2.05) is 12.1 Å². The van der Waals surface area contributed by atoms with Gasteiger partial charge in [0.2, 0.25) is 0 Å². The molecule has 0 aliphatic carbocycles. The summed E-state index contributed by atoms with van der Waals surface area (Å²) in [5.74, 6) is 0.836. The maximum absolute atomic E-state index is 11.8. The van der Waals surface area contributed by atoms with Crippen LogP contribution in [0.4, 0.5) is 0 Å². The summed E-state index contributed by atoms with van der Waals surface area (Å²) < 4.78 is 10.1. The number of esters is 1. The number of rotatable bonds is 7. The number of nitrogens with one attached hydrogen (secondary N) is 1. The minimum atomic E-state index is -0.346. The molecule has 0 aliphatic rings. The van der Waals surface area contributed by atoms with Crippen molar-refractivity contribution in [2.24, 2.45) is 5.92 Å². The molecule has 0 heterocycles. The van der Waals surface area contributed by atoms with Gasteiger partial charge >= 0.3 is 5.97 Å². The van der Waals surface area contributed by atoms with E-state index in [1.54, 1.807) is 13.2 Å². The van der Waals surface area contributed by atoms with E-state index in [0.29, 0.717) is 29.7 Å². The quantitative estimate of drug-likeness (QED) is 0.786. The number of benzene rings is 1. The molecule has 1 atom stereocenters. The molecule has 0 amide bonds. The molecule has 4 nitrogen and oxygen atoms in total. The van der Waals surface area contributed by atoms with Crippen molar-refractivity contribution in [3.8, 4) is 5.75 Å². The zero-order valence-corrected chi connectivity index (χ0v) is 13.2. The van der Waals surface area contributed by atoms with Crippen LogP contribution in [0, 0.1) is 5.92 Å². The molecule has 112 valence electrons. The van der Waals surface area contributed by atoms with Gasteiger partial charge in [-0.25, -0.2) is 0 Å². The lowest BCUT2D eigenvalue weighted by molar-refractivity contribution is -0.143. The van der Waals surface area contributed by atoms with Gasteiger partial charge < -0.3 is 14.8 Å². The molecule has 1 unspecified atom stereocenters. The Morgan fingerprint density at radius 1 is 1.35 bits per heavy atom. The molecular formula is C15H22ClNO3. The smallest absolute Gasteiger partial charge is 0.322 e. The SMILES string of the molecule is COC(=O)C(CC(C)C)NCc1c(Cl)cccc1OC. The van der Waals surface area contributed by atoms with Gasteiger partial charge in [-0.1, -0.05) is 31.5 Å². The molecule has 0 spiro atoms. The number of hydrogen-bond donors (Lipinski definition) is 1. The second-order valence-electron chi connectivity index (χ2n) is 5.01. The highest BCUT2D eigenvalue weighted by atomic mass is 35.5. The second-order valence-corrected chi connectivity index (χ2v) is 5.41. The van der Waals surface area contributed by atoms with Crippen LogP contribution in [-0.4, -0.2) is 26.2 Å². The van der Waals surface area contributed by atoms with Crippen LogP contribution in [0.1, 0.15) is 25.8 Å². The van der Waals surface area contributed by atoms with Gasteiger partial charge in [-0.2, -0.15) is 0 Å². The van der Waals surface area contributed by atoms with Crippen LogP contribution in [0.5, 0.6) is 5.75 Å². The Labute approximate surface area is 125 Å². The van der Waals surface area contributed by atoms with E-state index < -0.39 is 0 Å². The largest absolute Gasteiger partial charge is 0.496 e. The fraction of sp³-hybridized carbons (Fsp3) is 0.533. The minimum absolute atomic E-state index is 0.260. The summed E-state index contributed by atoms with van der Waals surface area (Å²) in [4.78, 5) is 11.8. The first kappa shape index (κ1) is 16.8. The van der Waals surface area contributed by atoms with Gasteiger partial charge in [0.05, 0.1) is 14.2 Å². The normalized spacial score (nSPS) is 12.3. The predicted molar refractivity (Wildman–Crippen MR) is 80.1 cm³/mol. The van der Waals surface area contributed by atoms with E-state index >= 15 is 0 Å². The topological polar surface area (TPSA) is 47.6 Å². The second kappa shape index (κ2) is 8.12. The Balaban J connectivity index is 2.79. The third-order valence-electron chi connectivity index (χ3n) is 3.01. The summed E-state index contributed by atoms with van der Waals surface area (Å²) >= 11 is 6.17. The molecule has 0 fully saturated rings. The first-order chi connectivity index (χ1) is 9.49. The van der Waals surface area contributed by atoms with E-state index in [4.69, 9.17) is 21.1 Å². The van der Waals surface area contributed by atoms with Gasteiger partial charge in [0.15, 0.2) is 0 Å². The molecule has 1 N–H and O–H groups in total. The monoisotopic (exact) mass is 299 g/mol. The maximum atomic E-state index is 11.8. The number of hydrogen-bond acceptors (Lipinski definition) is 4. The fourth-order valence-corrected chi connectivity index (χ4v) is 2.24. The van der Waals surface area contributed by atoms with Crippen LogP contribution in [0.25, 0.3) is 0 Å². The highest BCUT2D eigenvalue weighted by molar-refractivity contribution is 6.31. The Kier molecular flexibility index (Phi) is 6.82. The molecule has 0 saturated heterocycles. The molecule has 1 aromatic carbocycles. The van der Waals surface area contributed by atoms with Crippen LogP contribution in [0.3, 0.4) is 0 Å². The fourth-order valence-electron chi connectivity index (χ4n) is 2.00.